The maximum Gasteiger partial charge on any atom is 0.262 e. The Morgan fingerprint density at radius 2 is 1.48 bits per heavy atom. The van der Waals surface area contributed by atoms with E-state index in [-0.39, 0.29) is 23.2 Å². The summed E-state index contributed by atoms with van der Waals surface area (Å²) >= 11 is 0. The van der Waals surface area contributed by atoms with Crippen molar-refractivity contribution in [3.05, 3.63) is 60.7 Å². The first-order valence-corrected chi connectivity index (χ1v) is 10.9. The van der Waals surface area contributed by atoms with Gasteiger partial charge in [-0.25, -0.2) is 13.1 Å². The molecule has 154 valence electrons. The van der Waals surface area contributed by atoms with E-state index >= 15 is 0 Å². The van der Waals surface area contributed by atoms with Crippen LogP contribution in [0.15, 0.2) is 70.1 Å². The highest BCUT2D eigenvalue weighted by atomic mass is 32.2. The average Bonchev–Trinajstić information content (AvgIpc) is 3.20. The molecule has 0 fully saturated rings. The summed E-state index contributed by atoms with van der Waals surface area (Å²) in [7, 11) is -3.97. The van der Waals surface area contributed by atoms with Crippen LogP contribution in [0.4, 0.5) is 0 Å². The molecular formula is C21H24N2O5S. The van der Waals surface area contributed by atoms with Gasteiger partial charge in [-0.05, 0) is 26.0 Å². The van der Waals surface area contributed by atoms with Crippen LogP contribution in [0.3, 0.4) is 0 Å². The second-order valence-corrected chi connectivity index (χ2v) is 7.76. The maximum absolute atomic E-state index is 13.0. The van der Waals surface area contributed by atoms with E-state index in [0.29, 0.717) is 24.3 Å². The van der Waals surface area contributed by atoms with Crippen molar-refractivity contribution >= 4 is 10.0 Å². The number of ether oxygens (including phenoxy) is 2. The van der Waals surface area contributed by atoms with Crippen LogP contribution in [0.25, 0.3) is 22.8 Å². The first-order chi connectivity index (χ1) is 14.0. The molecule has 1 aromatic heterocycles. The van der Waals surface area contributed by atoms with E-state index in [2.05, 4.69) is 9.71 Å². The Balaban J connectivity index is 1.97. The van der Waals surface area contributed by atoms with Crippen LogP contribution in [-0.4, -0.2) is 39.5 Å². The van der Waals surface area contributed by atoms with Gasteiger partial charge in [0.15, 0.2) is 12.1 Å². The fourth-order valence-electron chi connectivity index (χ4n) is 2.75. The van der Waals surface area contributed by atoms with Crippen LogP contribution in [0.1, 0.15) is 13.8 Å². The van der Waals surface area contributed by atoms with Gasteiger partial charge in [0.25, 0.3) is 10.0 Å². The van der Waals surface area contributed by atoms with Crippen LogP contribution in [0.5, 0.6) is 0 Å². The highest BCUT2D eigenvalue weighted by Gasteiger charge is 2.28. The topological polar surface area (TPSA) is 90.7 Å². The molecule has 29 heavy (non-hydrogen) atoms. The zero-order valence-electron chi connectivity index (χ0n) is 16.4. The van der Waals surface area contributed by atoms with E-state index in [0.717, 1.165) is 0 Å². The Labute approximate surface area is 170 Å². The number of aromatic nitrogens is 1. The summed E-state index contributed by atoms with van der Waals surface area (Å²) in [5.41, 5.74) is 1.31. The molecule has 3 aromatic rings. The van der Waals surface area contributed by atoms with Gasteiger partial charge in [0.05, 0.1) is 6.54 Å². The van der Waals surface area contributed by atoms with E-state index in [1.165, 1.54) is 0 Å². The Morgan fingerprint density at radius 1 is 0.931 bits per heavy atom. The molecule has 3 rings (SSSR count). The zero-order valence-corrected chi connectivity index (χ0v) is 17.2. The second-order valence-electron chi connectivity index (χ2n) is 6.08. The number of nitrogens with one attached hydrogen (secondary N) is 1. The SMILES string of the molecule is CCOC(CNS(=O)(=O)c1nc(-c2ccccc2)oc1-c1ccccc1)OCC. The van der Waals surface area contributed by atoms with E-state index in [1.807, 2.05) is 62.4 Å². The number of oxazole rings is 1. The summed E-state index contributed by atoms with van der Waals surface area (Å²) in [6, 6.07) is 18.2. The quantitative estimate of drug-likeness (QED) is 0.507. The van der Waals surface area contributed by atoms with Gasteiger partial charge in [0, 0.05) is 24.3 Å². The lowest BCUT2D eigenvalue weighted by atomic mass is 10.2. The summed E-state index contributed by atoms with van der Waals surface area (Å²) in [6.45, 7) is 4.41. The van der Waals surface area contributed by atoms with Crippen molar-refractivity contribution in [2.75, 3.05) is 19.8 Å². The van der Waals surface area contributed by atoms with Gasteiger partial charge >= 0.3 is 0 Å². The van der Waals surface area contributed by atoms with E-state index in [1.54, 1.807) is 12.1 Å². The van der Waals surface area contributed by atoms with Crippen LogP contribution in [0.2, 0.25) is 0 Å². The first-order valence-electron chi connectivity index (χ1n) is 9.39. The molecule has 0 spiro atoms. The molecule has 0 aliphatic carbocycles. The predicted octanol–water partition coefficient (Wildman–Crippen LogP) is 3.69. The van der Waals surface area contributed by atoms with Gasteiger partial charge in [-0.2, -0.15) is 4.98 Å². The molecule has 2 aromatic carbocycles. The molecule has 0 saturated heterocycles. The Hall–Kier alpha value is -2.52. The Kier molecular flexibility index (Phi) is 7.16. The summed E-state index contributed by atoms with van der Waals surface area (Å²) in [5, 5.41) is -0.172. The van der Waals surface area contributed by atoms with Gasteiger partial charge in [-0.15, -0.1) is 0 Å². The lowest BCUT2D eigenvalue weighted by molar-refractivity contribution is -0.130. The van der Waals surface area contributed by atoms with Crippen molar-refractivity contribution in [3.8, 4) is 22.8 Å². The lowest BCUT2D eigenvalue weighted by Crippen LogP contribution is -2.35. The smallest absolute Gasteiger partial charge is 0.262 e. The number of benzene rings is 2. The molecule has 0 bridgehead atoms. The van der Waals surface area contributed by atoms with Gasteiger partial charge in [-0.1, -0.05) is 48.5 Å². The molecule has 0 aliphatic heterocycles. The highest BCUT2D eigenvalue weighted by Crippen LogP contribution is 2.32. The minimum absolute atomic E-state index is 0.0359. The van der Waals surface area contributed by atoms with Gasteiger partial charge in [0.2, 0.25) is 10.9 Å². The number of sulfonamides is 1. The molecule has 1 heterocycles. The van der Waals surface area contributed by atoms with E-state index < -0.39 is 16.3 Å². The minimum Gasteiger partial charge on any atom is -0.435 e. The molecule has 0 unspecified atom stereocenters. The first kappa shape index (κ1) is 21.2. The summed E-state index contributed by atoms with van der Waals surface area (Å²) in [5.74, 6) is 0.414. The third kappa shape index (κ3) is 5.30. The van der Waals surface area contributed by atoms with Crippen LogP contribution >= 0.6 is 0 Å². The largest absolute Gasteiger partial charge is 0.435 e. The highest BCUT2D eigenvalue weighted by molar-refractivity contribution is 7.89. The molecule has 7 nitrogen and oxygen atoms in total. The van der Waals surface area contributed by atoms with Crippen LogP contribution < -0.4 is 4.72 Å². The third-order valence-electron chi connectivity index (χ3n) is 4.05. The number of hydrogen-bond acceptors (Lipinski definition) is 6. The van der Waals surface area contributed by atoms with Gasteiger partial charge in [-0.3, -0.25) is 0 Å². The zero-order chi connectivity index (χ0) is 20.7. The third-order valence-corrected chi connectivity index (χ3v) is 5.38. The molecule has 8 heteroatoms. The molecule has 0 saturated carbocycles. The molecular weight excluding hydrogens is 392 g/mol. The Bertz CT molecular complexity index is 998. The molecule has 0 radical (unpaired) electrons. The fourth-order valence-corrected chi connectivity index (χ4v) is 3.85. The normalized spacial score (nSPS) is 11.8. The molecule has 0 atom stereocenters. The average molecular weight is 416 g/mol. The summed E-state index contributed by atoms with van der Waals surface area (Å²) in [4.78, 5) is 4.30. The van der Waals surface area contributed by atoms with Crippen LogP contribution in [0, 0.1) is 0 Å². The summed E-state index contributed by atoms with van der Waals surface area (Å²) < 4.78 is 45.3. The lowest BCUT2D eigenvalue weighted by Gasteiger charge is -2.17. The molecule has 1 N–H and O–H groups in total. The van der Waals surface area contributed by atoms with E-state index in [9.17, 15) is 8.42 Å². The second kappa shape index (κ2) is 9.80. The standard InChI is InChI=1S/C21H24N2O5S/c1-3-26-18(27-4-2)15-22-29(24,25)21-19(16-11-7-5-8-12-16)28-20(23-21)17-13-9-6-10-14-17/h5-14,18,22H,3-4,15H2,1-2H3. The van der Waals surface area contributed by atoms with E-state index in [4.69, 9.17) is 13.9 Å². The Morgan fingerprint density at radius 3 is 2.03 bits per heavy atom. The summed E-state index contributed by atoms with van der Waals surface area (Å²) in [6.07, 6.45) is -0.680. The van der Waals surface area contributed by atoms with Crippen molar-refractivity contribution < 1.29 is 22.3 Å². The van der Waals surface area contributed by atoms with Gasteiger partial charge < -0.3 is 13.9 Å². The number of nitrogens with zero attached hydrogens (tertiary/aromatic N) is 1. The maximum atomic E-state index is 13.0. The minimum atomic E-state index is -3.97. The van der Waals surface area contributed by atoms with Crippen LogP contribution in [-0.2, 0) is 19.5 Å². The predicted molar refractivity (Wildman–Crippen MR) is 110 cm³/mol. The van der Waals surface area contributed by atoms with Crippen molar-refractivity contribution in [2.45, 2.75) is 25.2 Å². The molecule has 0 amide bonds. The number of rotatable bonds is 10. The van der Waals surface area contributed by atoms with Crippen molar-refractivity contribution in [2.24, 2.45) is 0 Å². The van der Waals surface area contributed by atoms with Crippen molar-refractivity contribution in [1.82, 2.24) is 9.71 Å². The fraction of sp³-hybridized carbons (Fsp3) is 0.286. The van der Waals surface area contributed by atoms with Gasteiger partial charge in [0.1, 0.15) is 0 Å². The monoisotopic (exact) mass is 416 g/mol. The van der Waals surface area contributed by atoms with Crippen molar-refractivity contribution in [1.29, 1.82) is 0 Å². The van der Waals surface area contributed by atoms with Crippen molar-refractivity contribution in [3.63, 3.8) is 0 Å². The number of hydrogen-bond donors (Lipinski definition) is 1. The molecule has 0 aliphatic rings.